The quantitative estimate of drug-likeness (QED) is 0.161. The largest absolute Gasteiger partial charge is 0.308 e. The van der Waals surface area contributed by atoms with Crippen molar-refractivity contribution in [3.05, 3.63) is 218 Å². The van der Waals surface area contributed by atoms with E-state index in [1.165, 1.54) is 53.2 Å². The van der Waals surface area contributed by atoms with Gasteiger partial charge in [-0.3, -0.25) is 0 Å². The molecule has 12 rings (SSSR count). The van der Waals surface area contributed by atoms with E-state index >= 15 is 0 Å². The Labute approximate surface area is 362 Å². The Morgan fingerprint density at radius 3 is 1.37 bits per heavy atom. The van der Waals surface area contributed by atoms with Crippen molar-refractivity contribution in [2.24, 2.45) is 0 Å². The van der Waals surface area contributed by atoms with Crippen LogP contribution in [0.1, 0.15) is 0 Å². The van der Waals surface area contributed by atoms with Gasteiger partial charge in [0.25, 0.3) is 0 Å². The van der Waals surface area contributed by atoms with Crippen LogP contribution in [0, 0.1) is 0 Å². The molecular weight excluding hydrogens is 773 g/mol. The Morgan fingerprint density at radius 1 is 0.306 bits per heavy atom. The third-order valence-corrected chi connectivity index (χ3v) is 13.0. The van der Waals surface area contributed by atoms with Gasteiger partial charge in [0.05, 0.1) is 15.7 Å². The number of rotatable bonds is 7. The molecule has 9 aromatic carbocycles. The number of hydrogen-bond acceptors (Lipinski definition) is 4. The van der Waals surface area contributed by atoms with Gasteiger partial charge in [-0.25, -0.2) is 15.0 Å². The van der Waals surface area contributed by atoms with Gasteiger partial charge >= 0.3 is 0 Å². The molecule has 5 heteroatoms. The number of nitrogens with zero attached hydrogens (tertiary/aromatic N) is 4. The van der Waals surface area contributed by atoms with Crippen LogP contribution in [0.25, 0.3) is 115 Å². The predicted octanol–water partition coefficient (Wildman–Crippen LogP) is 15.3. The Balaban J connectivity index is 1.11. The number of para-hydroxylation sites is 1. The monoisotopic (exact) mass is 808 g/mol. The number of hydrogen-bond donors (Lipinski definition) is 0. The van der Waals surface area contributed by atoms with E-state index in [0.29, 0.717) is 17.5 Å². The molecule has 0 N–H and O–H groups in total. The topological polar surface area (TPSA) is 43.6 Å². The summed E-state index contributed by atoms with van der Waals surface area (Å²) in [4.78, 5) is 15.6. The molecule has 62 heavy (non-hydrogen) atoms. The minimum atomic E-state index is 0.609. The standard InChI is InChI=1S/C57H36N4S/c1-4-14-37(15-5-1)39-24-26-41(27-25-39)44-34-45(57-59-55(42-18-8-3-9-19-42)58-56(60-57)43-30-28-40(29-31-43)38-16-6-2-7-17-38)36-46(35-44)61-51-22-12-10-20-47(51)49-32-33-50-48-21-11-13-23-52(48)62-54(50)53(49)61/h1-36H. The van der Waals surface area contributed by atoms with Crippen LogP contribution in [0.15, 0.2) is 218 Å². The van der Waals surface area contributed by atoms with Crippen LogP contribution in [-0.2, 0) is 0 Å². The highest BCUT2D eigenvalue weighted by Gasteiger charge is 2.20. The SMILES string of the molecule is c1ccc(-c2ccc(-c3cc(-c4nc(-c5ccccc5)nc(-c5ccc(-c6ccccc6)cc5)n4)cc(-n4c5ccccc5c5ccc6c7ccccc7sc6c54)c3)cc2)cc1. The molecular formula is C57H36N4S. The van der Waals surface area contributed by atoms with Gasteiger partial charge in [-0.2, -0.15) is 0 Å². The van der Waals surface area contributed by atoms with Crippen molar-refractivity contribution in [2.75, 3.05) is 0 Å². The van der Waals surface area contributed by atoms with Gasteiger partial charge in [-0.15, -0.1) is 11.3 Å². The molecule has 0 fully saturated rings. The normalized spacial score (nSPS) is 11.5. The van der Waals surface area contributed by atoms with Crippen molar-refractivity contribution < 1.29 is 0 Å². The van der Waals surface area contributed by atoms with Gasteiger partial charge in [0.15, 0.2) is 17.5 Å². The highest BCUT2D eigenvalue weighted by molar-refractivity contribution is 7.26. The smallest absolute Gasteiger partial charge is 0.164 e. The van der Waals surface area contributed by atoms with E-state index in [1.54, 1.807) is 0 Å². The minimum Gasteiger partial charge on any atom is -0.308 e. The molecule has 0 radical (unpaired) electrons. The van der Waals surface area contributed by atoms with Gasteiger partial charge < -0.3 is 4.57 Å². The summed E-state index contributed by atoms with van der Waals surface area (Å²) >= 11 is 1.86. The minimum absolute atomic E-state index is 0.609. The molecule has 0 atom stereocenters. The number of benzene rings is 9. The highest BCUT2D eigenvalue weighted by atomic mass is 32.1. The summed E-state index contributed by atoms with van der Waals surface area (Å²) < 4.78 is 5.01. The molecule has 0 amide bonds. The fraction of sp³-hybridized carbons (Fsp3) is 0. The summed E-state index contributed by atoms with van der Waals surface area (Å²) in [5, 5.41) is 4.99. The maximum atomic E-state index is 5.29. The highest BCUT2D eigenvalue weighted by Crippen LogP contribution is 2.44. The summed E-state index contributed by atoms with van der Waals surface area (Å²) in [5.74, 6) is 1.86. The molecule has 3 heterocycles. The Kier molecular flexibility index (Phi) is 8.65. The zero-order valence-corrected chi connectivity index (χ0v) is 34.3. The van der Waals surface area contributed by atoms with Crippen LogP contribution in [0.4, 0.5) is 0 Å². The zero-order chi connectivity index (χ0) is 41.0. The van der Waals surface area contributed by atoms with Crippen LogP contribution in [0.2, 0.25) is 0 Å². The first-order valence-electron chi connectivity index (χ1n) is 20.8. The number of fused-ring (bicyclic) bond motifs is 7. The molecule has 0 aliphatic rings. The molecule has 12 aromatic rings. The van der Waals surface area contributed by atoms with Crippen LogP contribution in [0.5, 0.6) is 0 Å². The van der Waals surface area contributed by atoms with Crippen molar-refractivity contribution in [3.8, 4) is 73.2 Å². The summed E-state index contributed by atoms with van der Waals surface area (Å²) in [6.45, 7) is 0. The van der Waals surface area contributed by atoms with Crippen molar-refractivity contribution in [3.63, 3.8) is 0 Å². The molecule has 0 saturated heterocycles. The van der Waals surface area contributed by atoms with E-state index in [9.17, 15) is 0 Å². The molecule has 0 unspecified atom stereocenters. The zero-order valence-electron chi connectivity index (χ0n) is 33.5. The summed E-state index contributed by atoms with van der Waals surface area (Å²) in [7, 11) is 0. The van der Waals surface area contributed by atoms with E-state index < -0.39 is 0 Å². The third kappa shape index (κ3) is 6.26. The maximum absolute atomic E-state index is 5.29. The first-order valence-corrected chi connectivity index (χ1v) is 21.7. The second kappa shape index (κ2) is 14.9. The summed E-state index contributed by atoms with van der Waals surface area (Å²) in [6, 6.07) is 77.5. The summed E-state index contributed by atoms with van der Waals surface area (Å²) in [6.07, 6.45) is 0. The van der Waals surface area contributed by atoms with Crippen molar-refractivity contribution in [1.29, 1.82) is 0 Å². The Morgan fingerprint density at radius 2 is 0.742 bits per heavy atom. The molecule has 0 saturated carbocycles. The van der Waals surface area contributed by atoms with Gasteiger partial charge in [0, 0.05) is 48.6 Å². The lowest BCUT2D eigenvalue weighted by Crippen LogP contribution is -2.02. The third-order valence-electron chi connectivity index (χ3n) is 11.9. The maximum Gasteiger partial charge on any atom is 0.164 e. The average Bonchev–Trinajstić information content (AvgIpc) is 3.91. The predicted molar refractivity (Wildman–Crippen MR) is 260 cm³/mol. The van der Waals surface area contributed by atoms with Crippen molar-refractivity contribution in [2.45, 2.75) is 0 Å². The van der Waals surface area contributed by atoms with Gasteiger partial charge in [0.1, 0.15) is 0 Å². The lowest BCUT2D eigenvalue weighted by Gasteiger charge is -2.15. The van der Waals surface area contributed by atoms with Gasteiger partial charge in [-0.1, -0.05) is 188 Å². The Hall–Kier alpha value is -7.99. The molecule has 3 aromatic heterocycles. The molecule has 0 aliphatic heterocycles. The van der Waals surface area contributed by atoms with Crippen LogP contribution in [-0.4, -0.2) is 19.5 Å². The van der Waals surface area contributed by atoms with E-state index in [4.69, 9.17) is 15.0 Å². The Bertz CT molecular complexity index is 3590. The number of thiophene rings is 1. The lowest BCUT2D eigenvalue weighted by atomic mass is 9.98. The van der Waals surface area contributed by atoms with E-state index in [-0.39, 0.29) is 0 Å². The van der Waals surface area contributed by atoms with Crippen molar-refractivity contribution in [1.82, 2.24) is 19.5 Å². The fourth-order valence-electron chi connectivity index (χ4n) is 8.81. The van der Waals surface area contributed by atoms with E-state index in [0.717, 1.165) is 44.6 Å². The first-order chi connectivity index (χ1) is 30.7. The van der Waals surface area contributed by atoms with Gasteiger partial charge in [0.2, 0.25) is 0 Å². The molecule has 0 bridgehead atoms. The molecule has 290 valence electrons. The second-order valence-electron chi connectivity index (χ2n) is 15.6. The lowest BCUT2D eigenvalue weighted by molar-refractivity contribution is 1.07. The van der Waals surface area contributed by atoms with E-state index in [1.807, 2.05) is 35.6 Å². The van der Waals surface area contributed by atoms with Crippen LogP contribution < -0.4 is 0 Å². The van der Waals surface area contributed by atoms with Gasteiger partial charge in [-0.05, 0) is 63.7 Å². The molecule has 0 spiro atoms. The average molecular weight is 809 g/mol. The van der Waals surface area contributed by atoms with Crippen molar-refractivity contribution >= 4 is 53.3 Å². The fourth-order valence-corrected chi connectivity index (χ4v) is 10.1. The first kappa shape index (κ1) is 35.9. The number of aromatic nitrogens is 4. The van der Waals surface area contributed by atoms with Crippen LogP contribution in [0.3, 0.4) is 0 Å². The van der Waals surface area contributed by atoms with Crippen LogP contribution >= 0.6 is 11.3 Å². The molecule has 4 nitrogen and oxygen atoms in total. The molecule has 0 aliphatic carbocycles. The second-order valence-corrected chi connectivity index (χ2v) is 16.7. The summed E-state index contributed by atoms with van der Waals surface area (Å²) in [5.41, 5.74) is 13.0. The van der Waals surface area contributed by atoms with E-state index in [2.05, 4.69) is 199 Å².